The van der Waals surface area contributed by atoms with E-state index >= 15 is 0 Å². The molecule has 3 amide bonds. The Hall–Kier alpha value is -2.06. The van der Waals surface area contributed by atoms with E-state index in [0.717, 1.165) is 27.5 Å². The second kappa shape index (κ2) is 8.09. The Bertz CT molecular complexity index is 801. The van der Waals surface area contributed by atoms with Crippen LogP contribution in [0.25, 0.3) is 0 Å². The van der Waals surface area contributed by atoms with Gasteiger partial charge in [-0.15, -0.1) is 23.1 Å². The van der Waals surface area contributed by atoms with Gasteiger partial charge in [0.15, 0.2) is 0 Å². The maximum absolute atomic E-state index is 12.6. The molecule has 1 fully saturated rings. The lowest BCUT2D eigenvalue weighted by molar-refractivity contribution is -0.124. The van der Waals surface area contributed by atoms with Gasteiger partial charge in [0.2, 0.25) is 5.91 Å². The lowest BCUT2D eigenvalue weighted by Crippen LogP contribution is -2.48. The van der Waals surface area contributed by atoms with Crippen LogP contribution in [0.3, 0.4) is 0 Å². The van der Waals surface area contributed by atoms with Gasteiger partial charge in [0.25, 0.3) is 0 Å². The summed E-state index contributed by atoms with van der Waals surface area (Å²) in [6, 6.07) is 5.19. The van der Waals surface area contributed by atoms with Crippen LogP contribution in [0.2, 0.25) is 0 Å². The number of urea groups is 1. The van der Waals surface area contributed by atoms with Crippen molar-refractivity contribution >= 4 is 40.7 Å². The maximum Gasteiger partial charge on any atom is 0.323 e. The first-order valence-corrected chi connectivity index (χ1v) is 10.4. The number of thioether (sulfide) groups is 1. The highest BCUT2D eigenvalue weighted by Gasteiger charge is 2.34. The quantitative estimate of drug-likeness (QED) is 0.840. The number of rotatable bonds is 4. The van der Waals surface area contributed by atoms with Crippen LogP contribution in [-0.4, -0.2) is 39.5 Å². The Morgan fingerprint density at radius 1 is 1.23 bits per heavy atom. The number of hydrogen-bond donors (Lipinski definition) is 2. The second-order valence-electron chi connectivity index (χ2n) is 6.37. The van der Waals surface area contributed by atoms with E-state index in [4.69, 9.17) is 0 Å². The topological polar surface area (TPSA) is 74.3 Å². The van der Waals surface area contributed by atoms with Crippen molar-refractivity contribution in [3.05, 3.63) is 45.4 Å². The average Bonchev–Trinajstić information content (AvgIpc) is 3.20. The van der Waals surface area contributed by atoms with E-state index < -0.39 is 6.04 Å². The van der Waals surface area contributed by atoms with E-state index in [1.165, 1.54) is 0 Å². The zero-order chi connectivity index (χ0) is 18.7. The summed E-state index contributed by atoms with van der Waals surface area (Å²) >= 11 is 3.14. The number of carbonyl (C=O) groups is 2. The number of aromatic nitrogens is 1. The van der Waals surface area contributed by atoms with Gasteiger partial charge in [-0.25, -0.2) is 9.78 Å². The lowest BCUT2D eigenvalue weighted by Gasteiger charge is -2.23. The van der Waals surface area contributed by atoms with Crippen LogP contribution >= 0.6 is 23.1 Å². The number of nitrogens with zero attached hydrogens (tertiary/aromatic N) is 2. The number of nitrogens with one attached hydrogen (secondary N) is 2. The first-order chi connectivity index (χ1) is 12.4. The number of benzene rings is 1. The molecule has 1 aliphatic heterocycles. The predicted molar refractivity (Wildman–Crippen MR) is 107 cm³/mol. The smallest absolute Gasteiger partial charge is 0.323 e. The maximum atomic E-state index is 12.6. The van der Waals surface area contributed by atoms with Crippen molar-refractivity contribution in [1.29, 1.82) is 0 Å². The van der Waals surface area contributed by atoms with Gasteiger partial charge in [0.1, 0.15) is 6.04 Å². The van der Waals surface area contributed by atoms with Gasteiger partial charge in [0, 0.05) is 16.8 Å². The van der Waals surface area contributed by atoms with Crippen molar-refractivity contribution in [1.82, 2.24) is 15.2 Å². The second-order valence-corrected chi connectivity index (χ2v) is 8.43. The molecule has 0 radical (unpaired) electrons. The molecule has 1 saturated heterocycles. The van der Waals surface area contributed by atoms with Crippen LogP contribution in [0.4, 0.5) is 10.5 Å². The van der Waals surface area contributed by atoms with Gasteiger partial charge in [0.05, 0.1) is 23.1 Å². The molecule has 1 atom stereocenters. The molecular weight excluding hydrogens is 368 g/mol. The van der Waals surface area contributed by atoms with Crippen LogP contribution in [0.15, 0.2) is 23.6 Å². The number of aryl methyl sites for hydroxylation is 3. The first-order valence-electron chi connectivity index (χ1n) is 8.35. The van der Waals surface area contributed by atoms with Gasteiger partial charge in [-0.3, -0.25) is 4.79 Å². The molecule has 2 aromatic rings. The van der Waals surface area contributed by atoms with Crippen molar-refractivity contribution in [2.45, 2.75) is 33.4 Å². The van der Waals surface area contributed by atoms with Gasteiger partial charge >= 0.3 is 6.03 Å². The molecule has 1 aromatic carbocycles. The van der Waals surface area contributed by atoms with Crippen LogP contribution < -0.4 is 10.6 Å². The van der Waals surface area contributed by atoms with Crippen molar-refractivity contribution in [2.75, 3.05) is 16.9 Å². The summed E-state index contributed by atoms with van der Waals surface area (Å²) < 4.78 is 0. The van der Waals surface area contributed by atoms with E-state index in [1.54, 1.807) is 28.0 Å². The fraction of sp³-hybridized carbons (Fsp3) is 0.389. The minimum absolute atomic E-state index is 0.142. The Labute approximate surface area is 161 Å². The zero-order valence-electron chi connectivity index (χ0n) is 15.0. The van der Waals surface area contributed by atoms with Crippen LogP contribution in [-0.2, 0) is 11.3 Å². The largest absolute Gasteiger partial charge is 0.349 e. The number of hydrogen-bond acceptors (Lipinski definition) is 5. The highest BCUT2D eigenvalue weighted by atomic mass is 32.2. The summed E-state index contributed by atoms with van der Waals surface area (Å²) in [4.78, 5) is 31.1. The molecule has 0 bridgehead atoms. The molecule has 0 unspecified atom stereocenters. The molecule has 0 aliphatic carbocycles. The van der Waals surface area contributed by atoms with Gasteiger partial charge in [-0.05, 0) is 44.0 Å². The minimum Gasteiger partial charge on any atom is -0.349 e. The van der Waals surface area contributed by atoms with Gasteiger partial charge < -0.3 is 15.5 Å². The lowest BCUT2D eigenvalue weighted by atomic mass is 10.1. The Morgan fingerprint density at radius 2 is 1.96 bits per heavy atom. The molecule has 2 heterocycles. The van der Waals surface area contributed by atoms with Crippen molar-refractivity contribution in [2.24, 2.45) is 0 Å². The van der Waals surface area contributed by atoms with E-state index in [9.17, 15) is 9.59 Å². The number of carbonyl (C=O) groups excluding carboxylic acids is 2. The first kappa shape index (κ1) is 18.7. The van der Waals surface area contributed by atoms with E-state index in [1.807, 2.05) is 38.3 Å². The third-order valence-corrected chi connectivity index (χ3v) is 5.86. The number of thiazole rings is 1. The van der Waals surface area contributed by atoms with Crippen LogP contribution in [0, 0.1) is 20.8 Å². The standard InChI is InChI=1S/C18H22N4O2S2/c1-11-4-12(2)6-14(5-11)21-18(24)22-10-25-9-16(22)17(23)19-7-15-8-26-13(3)20-15/h4-6,8,16H,7,9-10H2,1-3H3,(H,19,23)(H,21,24)/t16-/m1/s1. The molecule has 26 heavy (non-hydrogen) atoms. The monoisotopic (exact) mass is 390 g/mol. The Morgan fingerprint density at radius 3 is 2.62 bits per heavy atom. The molecule has 2 N–H and O–H groups in total. The third kappa shape index (κ3) is 4.56. The summed E-state index contributed by atoms with van der Waals surface area (Å²) in [7, 11) is 0. The molecular formula is C18H22N4O2S2. The van der Waals surface area contributed by atoms with Crippen molar-refractivity contribution < 1.29 is 9.59 Å². The summed E-state index contributed by atoms with van der Waals surface area (Å²) in [5.74, 6) is 0.962. The summed E-state index contributed by atoms with van der Waals surface area (Å²) in [6.45, 7) is 6.30. The van der Waals surface area contributed by atoms with Crippen molar-refractivity contribution in [3.63, 3.8) is 0 Å². The summed E-state index contributed by atoms with van der Waals surface area (Å²) in [5.41, 5.74) is 3.77. The molecule has 8 heteroatoms. The number of anilines is 1. The molecule has 3 rings (SSSR count). The highest BCUT2D eigenvalue weighted by molar-refractivity contribution is 7.99. The summed E-state index contributed by atoms with van der Waals surface area (Å²) in [5, 5.41) is 8.71. The van der Waals surface area contributed by atoms with E-state index in [2.05, 4.69) is 21.7 Å². The third-order valence-electron chi connectivity index (χ3n) is 4.03. The molecule has 138 valence electrons. The Kier molecular flexibility index (Phi) is 5.83. The van der Waals surface area contributed by atoms with Gasteiger partial charge in [-0.2, -0.15) is 0 Å². The van der Waals surface area contributed by atoms with Crippen LogP contribution in [0.1, 0.15) is 21.8 Å². The van der Waals surface area contributed by atoms with Gasteiger partial charge in [-0.1, -0.05) is 6.07 Å². The normalized spacial score (nSPS) is 16.6. The molecule has 0 saturated carbocycles. The molecule has 1 aliphatic rings. The molecule has 1 aromatic heterocycles. The average molecular weight is 391 g/mol. The fourth-order valence-corrected chi connectivity index (χ4v) is 4.65. The highest BCUT2D eigenvalue weighted by Crippen LogP contribution is 2.23. The fourth-order valence-electron chi connectivity index (χ4n) is 2.89. The Balaban J connectivity index is 1.61. The van der Waals surface area contributed by atoms with E-state index in [0.29, 0.717) is 18.2 Å². The van der Waals surface area contributed by atoms with Crippen molar-refractivity contribution in [3.8, 4) is 0 Å². The predicted octanol–water partition coefficient (Wildman–Crippen LogP) is 3.29. The van der Waals surface area contributed by atoms with E-state index in [-0.39, 0.29) is 11.9 Å². The molecule has 6 nitrogen and oxygen atoms in total. The minimum atomic E-state index is -0.467. The molecule has 0 spiro atoms. The SMILES string of the molecule is Cc1cc(C)cc(NC(=O)N2CSC[C@@H]2C(=O)NCc2csc(C)n2)c1. The number of amides is 3. The summed E-state index contributed by atoms with van der Waals surface area (Å²) in [6.07, 6.45) is 0. The van der Waals surface area contributed by atoms with Crippen LogP contribution in [0.5, 0.6) is 0 Å². The zero-order valence-corrected chi connectivity index (χ0v) is 16.7.